The van der Waals surface area contributed by atoms with E-state index in [4.69, 9.17) is 17.3 Å². The Labute approximate surface area is 98.7 Å². The highest BCUT2D eigenvalue weighted by atomic mass is 35.5. The third-order valence-corrected chi connectivity index (χ3v) is 2.59. The van der Waals surface area contributed by atoms with E-state index in [9.17, 15) is 0 Å². The van der Waals surface area contributed by atoms with Crippen LogP contribution in [0.25, 0.3) is 11.2 Å². The summed E-state index contributed by atoms with van der Waals surface area (Å²) in [6, 6.07) is 0. The van der Waals surface area contributed by atoms with Gasteiger partial charge in [-0.05, 0) is 23.9 Å². The molecule has 0 aromatic carbocycles. The molecule has 6 heteroatoms. The highest BCUT2D eigenvalue weighted by Gasteiger charge is 2.10. The summed E-state index contributed by atoms with van der Waals surface area (Å²) in [4.78, 5) is 12.1. The minimum atomic E-state index is 0.138. The average molecular weight is 240 g/mol. The molecule has 0 radical (unpaired) electrons. The molecule has 0 aliphatic carbocycles. The molecule has 2 aromatic heterocycles. The Kier molecular flexibility index (Phi) is 2.96. The van der Waals surface area contributed by atoms with E-state index >= 15 is 0 Å². The number of anilines is 1. The van der Waals surface area contributed by atoms with Crippen LogP contribution in [0.4, 0.5) is 5.82 Å². The summed E-state index contributed by atoms with van der Waals surface area (Å²) in [5, 5.41) is 0.138. The van der Waals surface area contributed by atoms with Gasteiger partial charge in [-0.1, -0.05) is 13.8 Å². The monoisotopic (exact) mass is 239 g/mol. The maximum absolute atomic E-state index is 5.81. The van der Waals surface area contributed by atoms with Gasteiger partial charge in [0.25, 0.3) is 0 Å². The number of halogens is 1. The molecule has 0 fully saturated rings. The highest BCUT2D eigenvalue weighted by molar-refractivity contribution is 6.28. The number of hydrogen-bond acceptors (Lipinski definition) is 4. The molecule has 2 heterocycles. The normalized spacial score (nSPS) is 11.5. The summed E-state index contributed by atoms with van der Waals surface area (Å²) in [6.45, 7) is 5.22. The minimum absolute atomic E-state index is 0.138. The van der Waals surface area contributed by atoms with Crippen LogP contribution in [0.2, 0.25) is 5.28 Å². The first kappa shape index (κ1) is 11.1. The fourth-order valence-corrected chi connectivity index (χ4v) is 1.72. The van der Waals surface area contributed by atoms with Crippen molar-refractivity contribution in [2.45, 2.75) is 26.8 Å². The van der Waals surface area contributed by atoms with Crippen molar-refractivity contribution in [3.8, 4) is 0 Å². The van der Waals surface area contributed by atoms with Crippen molar-refractivity contribution < 1.29 is 0 Å². The van der Waals surface area contributed by atoms with Gasteiger partial charge >= 0.3 is 0 Å². The second-order valence-corrected chi connectivity index (χ2v) is 4.51. The van der Waals surface area contributed by atoms with Gasteiger partial charge in [0.1, 0.15) is 5.52 Å². The Bertz CT molecular complexity index is 505. The summed E-state index contributed by atoms with van der Waals surface area (Å²) < 4.78 is 1.97. The van der Waals surface area contributed by atoms with Crippen LogP contribution in [-0.2, 0) is 6.54 Å². The number of hydrogen-bond donors (Lipinski definition) is 1. The van der Waals surface area contributed by atoms with Crippen molar-refractivity contribution in [2.24, 2.45) is 5.92 Å². The lowest BCUT2D eigenvalue weighted by molar-refractivity contribution is 0.523. The lowest BCUT2D eigenvalue weighted by Crippen LogP contribution is -2.03. The zero-order valence-corrected chi connectivity index (χ0v) is 10.1. The summed E-state index contributed by atoms with van der Waals surface area (Å²) in [7, 11) is 0. The second kappa shape index (κ2) is 4.25. The van der Waals surface area contributed by atoms with Crippen molar-refractivity contribution in [3.63, 3.8) is 0 Å². The SMILES string of the molecule is CC(C)CCn1cnc2nc(Cl)nc(N)c21. The van der Waals surface area contributed by atoms with Crippen LogP contribution in [0.3, 0.4) is 0 Å². The number of aryl methyl sites for hydroxylation is 1. The van der Waals surface area contributed by atoms with Crippen LogP contribution >= 0.6 is 11.6 Å². The van der Waals surface area contributed by atoms with E-state index in [1.807, 2.05) is 4.57 Å². The van der Waals surface area contributed by atoms with Crippen LogP contribution in [0, 0.1) is 5.92 Å². The van der Waals surface area contributed by atoms with Crippen molar-refractivity contribution in [3.05, 3.63) is 11.6 Å². The molecule has 0 spiro atoms. The minimum Gasteiger partial charge on any atom is -0.382 e. The quantitative estimate of drug-likeness (QED) is 0.833. The molecule has 5 nitrogen and oxygen atoms in total. The largest absolute Gasteiger partial charge is 0.382 e. The molecule has 2 aromatic rings. The lowest BCUT2D eigenvalue weighted by atomic mass is 10.1. The second-order valence-electron chi connectivity index (χ2n) is 4.17. The van der Waals surface area contributed by atoms with E-state index < -0.39 is 0 Å². The molecular formula is C10H14ClN5. The predicted octanol–water partition coefficient (Wildman–Crippen LogP) is 2.11. The van der Waals surface area contributed by atoms with Gasteiger partial charge in [-0.15, -0.1) is 0 Å². The molecule has 0 unspecified atom stereocenters. The van der Waals surface area contributed by atoms with E-state index in [1.54, 1.807) is 6.33 Å². The van der Waals surface area contributed by atoms with Crippen LogP contribution in [0.5, 0.6) is 0 Å². The Morgan fingerprint density at radius 3 is 2.88 bits per heavy atom. The molecule has 0 aliphatic heterocycles. The number of nitrogens with two attached hydrogens (primary N) is 1. The zero-order chi connectivity index (χ0) is 11.7. The summed E-state index contributed by atoms with van der Waals surface area (Å²) in [5.41, 5.74) is 7.14. The molecule has 86 valence electrons. The number of rotatable bonds is 3. The van der Waals surface area contributed by atoms with Gasteiger partial charge in [-0.3, -0.25) is 0 Å². The van der Waals surface area contributed by atoms with E-state index in [-0.39, 0.29) is 5.28 Å². The Morgan fingerprint density at radius 2 is 2.19 bits per heavy atom. The van der Waals surface area contributed by atoms with E-state index in [2.05, 4.69) is 28.8 Å². The molecule has 0 atom stereocenters. The van der Waals surface area contributed by atoms with E-state index in [0.29, 0.717) is 17.4 Å². The summed E-state index contributed by atoms with van der Waals surface area (Å²) in [5.74, 6) is 1.02. The molecule has 16 heavy (non-hydrogen) atoms. The van der Waals surface area contributed by atoms with Crippen molar-refractivity contribution in [1.82, 2.24) is 19.5 Å². The number of fused-ring (bicyclic) bond motifs is 1. The van der Waals surface area contributed by atoms with Gasteiger partial charge < -0.3 is 10.3 Å². The van der Waals surface area contributed by atoms with Crippen LogP contribution < -0.4 is 5.73 Å². The predicted molar refractivity (Wildman–Crippen MR) is 64.2 cm³/mol. The van der Waals surface area contributed by atoms with Gasteiger partial charge in [-0.2, -0.15) is 9.97 Å². The molecule has 2 N–H and O–H groups in total. The number of aromatic nitrogens is 4. The summed E-state index contributed by atoms with van der Waals surface area (Å²) >= 11 is 5.71. The number of nitrogens with zero attached hydrogens (tertiary/aromatic N) is 4. The van der Waals surface area contributed by atoms with Crippen molar-refractivity contribution >= 4 is 28.6 Å². The third-order valence-electron chi connectivity index (χ3n) is 2.42. The Balaban J connectivity index is 2.40. The Hall–Kier alpha value is -1.36. The third kappa shape index (κ3) is 2.09. The van der Waals surface area contributed by atoms with Crippen molar-refractivity contribution in [2.75, 3.05) is 5.73 Å². The van der Waals surface area contributed by atoms with Crippen LogP contribution in [0.15, 0.2) is 6.33 Å². The van der Waals surface area contributed by atoms with Crippen LogP contribution in [-0.4, -0.2) is 19.5 Å². The first-order chi connectivity index (χ1) is 7.58. The topological polar surface area (TPSA) is 69.6 Å². The number of imidazole rings is 1. The highest BCUT2D eigenvalue weighted by Crippen LogP contribution is 2.19. The molecule has 0 bridgehead atoms. The van der Waals surface area contributed by atoms with Crippen LogP contribution in [0.1, 0.15) is 20.3 Å². The van der Waals surface area contributed by atoms with Gasteiger partial charge in [-0.25, -0.2) is 4.98 Å². The molecule has 0 saturated heterocycles. The van der Waals surface area contributed by atoms with E-state index in [1.165, 1.54) is 0 Å². The standard InChI is InChI=1S/C10H14ClN5/c1-6(2)3-4-16-5-13-9-7(16)8(12)14-10(11)15-9/h5-6H,3-4H2,1-2H3,(H2,12,14,15). The first-order valence-corrected chi connectivity index (χ1v) is 5.59. The molecule has 2 rings (SSSR count). The van der Waals surface area contributed by atoms with E-state index in [0.717, 1.165) is 18.5 Å². The van der Waals surface area contributed by atoms with Gasteiger partial charge in [0.15, 0.2) is 11.5 Å². The number of nitrogen functional groups attached to an aromatic ring is 1. The maximum Gasteiger partial charge on any atom is 0.226 e. The fourth-order valence-electron chi connectivity index (χ4n) is 1.55. The lowest BCUT2D eigenvalue weighted by Gasteiger charge is -2.07. The zero-order valence-electron chi connectivity index (χ0n) is 9.31. The summed E-state index contributed by atoms with van der Waals surface area (Å²) in [6.07, 6.45) is 2.79. The van der Waals surface area contributed by atoms with Crippen molar-refractivity contribution in [1.29, 1.82) is 0 Å². The maximum atomic E-state index is 5.81. The fraction of sp³-hybridized carbons (Fsp3) is 0.500. The molecule has 0 saturated carbocycles. The molecule has 0 amide bonds. The van der Waals surface area contributed by atoms with Gasteiger partial charge in [0.2, 0.25) is 5.28 Å². The first-order valence-electron chi connectivity index (χ1n) is 5.21. The van der Waals surface area contributed by atoms with Gasteiger partial charge in [0.05, 0.1) is 6.33 Å². The van der Waals surface area contributed by atoms with Gasteiger partial charge in [0, 0.05) is 6.54 Å². The molecular weight excluding hydrogens is 226 g/mol. The average Bonchev–Trinajstić information content (AvgIpc) is 2.57. The smallest absolute Gasteiger partial charge is 0.226 e. The Morgan fingerprint density at radius 1 is 1.44 bits per heavy atom. The molecule has 0 aliphatic rings.